The van der Waals surface area contributed by atoms with E-state index in [1.54, 1.807) is 0 Å². The van der Waals surface area contributed by atoms with Crippen molar-refractivity contribution in [1.29, 1.82) is 0 Å². The molecule has 1 atom stereocenters. The number of aromatic nitrogens is 2. The predicted octanol–water partition coefficient (Wildman–Crippen LogP) is 4.95. The molecule has 0 saturated carbocycles. The number of nitrogens with zero attached hydrogens (tertiary/aromatic N) is 2. The maximum atomic E-state index is 6.14. The minimum atomic E-state index is 0.00218. The summed E-state index contributed by atoms with van der Waals surface area (Å²) in [7, 11) is 1.93. The highest BCUT2D eigenvalue weighted by atomic mass is 79.9. The molecule has 0 aliphatic heterocycles. The summed E-state index contributed by atoms with van der Waals surface area (Å²) in [6.07, 6.45) is 1.83. The Labute approximate surface area is 141 Å². The highest BCUT2D eigenvalue weighted by molar-refractivity contribution is 9.10. The molecule has 0 fully saturated rings. The van der Waals surface area contributed by atoms with Crippen molar-refractivity contribution in [2.75, 3.05) is 7.05 Å². The molecule has 1 aromatic carbocycles. The van der Waals surface area contributed by atoms with Crippen LogP contribution in [-0.2, 0) is 0 Å². The van der Waals surface area contributed by atoms with Gasteiger partial charge in [0.25, 0.3) is 0 Å². The average Bonchev–Trinajstić information content (AvgIpc) is 2.77. The van der Waals surface area contributed by atoms with E-state index >= 15 is 0 Å². The molecule has 0 aliphatic rings. The molecule has 0 aliphatic carbocycles. The molecule has 0 saturated heterocycles. The van der Waals surface area contributed by atoms with Crippen LogP contribution in [0.15, 0.2) is 33.3 Å². The summed E-state index contributed by atoms with van der Waals surface area (Å²) < 4.78 is 4.01. The molecular formula is C14H16Br2ClN3. The molecular weight excluding hydrogens is 405 g/mol. The van der Waals surface area contributed by atoms with Gasteiger partial charge in [-0.2, -0.15) is 5.10 Å². The predicted molar refractivity (Wildman–Crippen MR) is 90.4 cm³/mol. The summed E-state index contributed by atoms with van der Waals surface area (Å²) in [6.45, 7) is 4.23. The standard InChI is InChI=1S/C14H16Br2ClN3/c1-8(2)20-14(12(16)7-19-20)13(18-3)10-6-9(17)4-5-11(10)15/h4-8,13,18H,1-3H3. The van der Waals surface area contributed by atoms with E-state index in [4.69, 9.17) is 11.6 Å². The largest absolute Gasteiger partial charge is 0.308 e. The second-order valence-corrected chi connectivity index (χ2v) is 6.95. The molecule has 0 radical (unpaired) electrons. The summed E-state index contributed by atoms with van der Waals surface area (Å²) in [5.41, 5.74) is 2.17. The number of hydrogen-bond acceptors (Lipinski definition) is 2. The van der Waals surface area contributed by atoms with Crippen molar-refractivity contribution >= 4 is 43.5 Å². The zero-order valence-electron chi connectivity index (χ0n) is 11.5. The van der Waals surface area contributed by atoms with Crippen LogP contribution < -0.4 is 5.32 Å². The Balaban J connectivity index is 2.58. The Morgan fingerprint density at radius 3 is 2.55 bits per heavy atom. The number of benzene rings is 1. The van der Waals surface area contributed by atoms with Gasteiger partial charge >= 0.3 is 0 Å². The molecule has 2 rings (SSSR count). The molecule has 6 heteroatoms. The summed E-state index contributed by atoms with van der Waals surface area (Å²) in [4.78, 5) is 0. The Hall–Kier alpha value is -0.360. The van der Waals surface area contributed by atoms with Gasteiger partial charge in [-0.1, -0.05) is 27.5 Å². The van der Waals surface area contributed by atoms with Gasteiger partial charge in [-0.15, -0.1) is 0 Å². The number of rotatable bonds is 4. The second kappa shape index (κ2) is 6.60. The third-order valence-corrected chi connectivity index (χ3v) is 4.68. The first-order valence-corrected chi connectivity index (χ1v) is 8.27. The van der Waals surface area contributed by atoms with Crippen LogP contribution in [0.25, 0.3) is 0 Å². The Morgan fingerprint density at radius 2 is 1.95 bits per heavy atom. The zero-order chi connectivity index (χ0) is 14.9. The van der Waals surface area contributed by atoms with Crippen molar-refractivity contribution in [3.63, 3.8) is 0 Å². The van der Waals surface area contributed by atoms with Crippen LogP contribution in [-0.4, -0.2) is 16.8 Å². The van der Waals surface area contributed by atoms with Crippen LogP contribution in [0, 0.1) is 0 Å². The van der Waals surface area contributed by atoms with E-state index < -0.39 is 0 Å². The van der Waals surface area contributed by atoms with Crippen molar-refractivity contribution < 1.29 is 0 Å². The lowest BCUT2D eigenvalue weighted by atomic mass is 10.0. The summed E-state index contributed by atoms with van der Waals surface area (Å²) in [5.74, 6) is 0. The normalized spacial score (nSPS) is 12.9. The van der Waals surface area contributed by atoms with Crippen LogP contribution in [0.4, 0.5) is 0 Å². The highest BCUT2D eigenvalue weighted by Gasteiger charge is 2.23. The van der Waals surface area contributed by atoms with Gasteiger partial charge in [-0.25, -0.2) is 0 Å². The van der Waals surface area contributed by atoms with Crippen molar-refractivity contribution in [3.8, 4) is 0 Å². The molecule has 20 heavy (non-hydrogen) atoms. The minimum absolute atomic E-state index is 0.00218. The van der Waals surface area contributed by atoms with E-state index in [-0.39, 0.29) is 12.1 Å². The fourth-order valence-corrected chi connectivity index (χ4v) is 3.37. The molecule has 108 valence electrons. The van der Waals surface area contributed by atoms with E-state index in [9.17, 15) is 0 Å². The SMILES string of the molecule is CNC(c1cc(Cl)ccc1Br)c1c(Br)cnn1C(C)C. The number of hydrogen-bond donors (Lipinski definition) is 1. The maximum absolute atomic E-state index is 6.14. The Bertz CT molecular complexity index is 610. The van der Waals surface area contributed by atoms with Crippen molar-refractivity contribution in [3.05, 3.63) is 49.6 Å². The molecule has 1 heterocycles. The molecule has 0 amide bonds. The molecule has 2 aromatic rings. The van der Waals surface area contributed by atoms with Crippen LogP contribution in [0.1, 0.15) is 37.2 Å². The maximum Gasteiger partial charge on any atom is 0.0769 e. The zero-order valence-corrected chi connectivity index (χ0v) is 15.4. The lowest BCUT2D eigenvalue weighted by Gasteiger charge is -2.22. The summed E-state index contributed by atoms with van der Waals surface area (Å²) >= 11 is 13.3. The van der Waals surface area contributed by atoms with Gasteiger partial charge in [0.15, 0.2) is 0 Å². The van der Waals surface area contributed by atoms with Crippen molar-refractivity contribution in [1.82, 2.24) is 15.1 Å². The fourth-order valence-electron chi connectivity index (χ4n) is 2.21. The van der Waals surface area contributed by atoms with E-state index in [1.165, 1.54) is 0 Å². The monoisotopic (exact) mass is 419 g/mol. The Kier molecular flexibility index (Phi) is 5.29. The van der Waals surface area contributed by atoms with E-state index in [0.29, 0.717) is 0 Å². The van der Waals surface area contributed by atoms with E-state index in [2.05, 4.69) is 56.1 Å². The third-order valence-electron chi connectivity index (χ3n) is 3.11. The smallest absolute Gasteiger partial charge is 0.0769 e. The lowest BCUT2D eigenvalue weighted by molar-refractivity contribution is 0.483. The summed E-state index contributed by atoms with van der Waals surface area (Å²) in [5, 5.41) is 8.51. The number of nitrogens with one attached hydrogen (secondary N) is 1. The molecule has 0 bridgehead atoms. The second-order valence-electron chi connectivity index (χ2n) is 4.80. The molecule has 1 unspecified atom stereocenters. The Morgan fingerprint density at radius 1 is 1.25 bits per heavy atom. The van der Waals surface area contributed by atoms with Gasteiger partial charge in [0.2, 0.25) is 0 Å². The van der Waals surface area contributed by atoms with Gasteiger partial charge in [0.05, 0.1) is 22.4 Å². The van der Waals surface area contributed by atoms with Crippen molar-refractivity contribution in [2.24, 2.45) is 0 Å². The first-order chi connectivity index (χ1) is 9.45. The fraction of sp³-hybridized carbons (Fsp3) is 0.357. The van der Waals surface area contributed by atoms with Crippen LogP contribution in [0.3, 0.4) is 0 Å². The molecule has 1 N–H and O–H groups in total. The van der Waals surface area contributed by atoms with E-state index in [0.717, 1.165) is 25.2 Å². The van der Waals surface area contributed by atoms with E-state index in [1.807, 2.05) is 36.1 Å². The van der Waals surface area contributed by atoms with Gasteiger partial charge < -0.3 is 5.32 Å². The van der Waals surface area contributed by atoms with Crippen LogP contribution in [0.2, 0.25) is 5.02 Å². The average molecular weight is 422 g/mol. The number of halogens is 3. The topological polar surface area (TPSA) is 29.9 Å². The minimum Gasteiger partial charge on any atom is -0.308 e. The van der Waals surface area contributed by atoms with Gasteiger partial charge in [0, 0.05) is 15.5 Å². The first-order valence-electron chi connectivity index (χ1n) is 6.30. The van der Waals surface area contributed by atoms with Crippen LogP contribution in [0.5, 0.6) is 0 Å². The van der Waals surface area contributed by atoms with Gasteiger partial charge in [-0.05, 0) is 60.6 Å². The van der Waals surface area contributed by atoms with Crippen molar-refractivity contribution in [2.45, 2.75) is 25.9 Å². The molecule has 0 spiro atoms. The first kappa shape index (κ1) is 16.0. The molecule has 3 nitrogen and oxygen atoms in total. The van der Waals surface area contributed by atoms with Gasteiger partial charge in [0.1, 0.15) is 0 Å². The quantitative estimate of drug-likeness (QED) is 0.757. The third kappa shape index (κ3) is 3.11. The van der Waals surface area contributed by atoms with Crippen LogP contribution >= 0.6 is 43.5 Å². The lowest BCUT2D eigenvalue weighted by Crippen LogP contribution is -2.23. The highest BCUT2D eigenvalue weighted by Crippen LogP contribution is 2.35. The van der Waals surface area contributed by atoms with Gasteiger partial charge in [-0.3, -0.25) is 4.68 Å². The molecule has 1 aromatic heterocycles. The summed E-state index contributed by atoms with van der Waals surface area (Å²) in [6, 6.07) is 6.09.